The number of hydrogen-bond donors (Lipinski definition) is 1. The second-order valence-electron chi connectivity index (χ2n) is 5.80. The largest absolute Gasteiger partial charge is 0.454 e. The zero-order valence-electron chi connectivity index (χ0n) is 13.8. The van der Waals surface area contributed by atoms with Crippen molar-refractivity contribution < 1.29 is 19.1 Å². The molecular weight excluding hydrogens is 376 g/mol. The van der Waals surface area contributed by atoms with E-state index in [1.165, 1.54) is 16.2 Å². The van der Waals surface area contributed by atoms with Gasteiger partial charge in [-0.15, -0.1) is 11.3 Å². The molecule has 2 amide bonds. The highest BCUT2D eigenvalue weighted by Crippen LogP contribution is 2.23. The summed E-state index contributed by atoms with van der Waals surface area (Å²) in [6, 6.07) is 9.48. The maximum Gasteiger partial charge on any atom is 0.329 e. The van der Waals surface area contributed by atoms with Crippen LogP contribution in [-0.4, -0.2) is 41.9 Å². The average molecular weight is 393 g/mol. The predicted molar refractivity (Wildman–Crippen MR) is 99.4 cm³/mol. The molecule has 2 aromatic rings. The number of rotatable bonds is 5. The normalized spacial score (nSPS) is 16.3. The molecule has 2 heterocycles. The molecule has 0 unspecified atom stereocenters. The Morgan fingerprint density at radius 1 is 1.23 bits per heavy atom. The molecule has 1 fully saturated rings. The maximum absolute atomic E-state index is 12.5. The first kappa shape index (κ1) is 18.4. The Bertz CT molecular complexity index is 792. The summed E-state index contributed by atoms with van der Waals surface area (Å²) >= 11 is 7.12. The fourth-order valence-corrected chi connectivity index (χ4v) is 3.56. The van der Waals surface area contributed by atoms with Crippen LogP contribution >= 0.6 is 22.9 Å². The molecule has 1 saturated heterocycles. The van der Waals surface area contributed by atoms with Crippen molar-refractivity contribution >= 4 is 46.4 Å². The van der Waals surface area contributed by atoms with Gasteiger partial charge in [0, 0.05) is 17.3 Å². The minimum absolute atomic E-state index is 0.176. The highest BCUT2D eigenvalue weighted by Gasteiger charge is 2.36. The van der Waals surface area contributed by atoms with Crippen molar-refractivity contribution in [1.29, 1.82) is 0 Å². The smallest absolute Gasteiger partial charge is 0.329 e. The fraction of sp³-hybridized carbons (Fsp3) is 0.278. The summed E-state index contributed by atoms with van der Waals surface area (Å²) in [5.74, 6) is -1.18. The van der Waals surface area contributed by atoms with Crippen LogP contribution in [0.15, 0.2) is 41.8 Å². The molecular formula is C18H17ClN2O4S. The Labute approximate surface area is 159 Å². The molecule has 1 aliphatic heterocycles. The lowest BCUT2D eigenvalue weighted by Crippen LogP contribution is -2.41. The van der Waals surface area contributed by atoms with Gasteiger partial charge < -0.3 is 15.0 Å². The SMILES string of the molecule is O=C(COC(=O)[C@@H]1CCCN1C(=O)c1cccs1)Nc1ccc(Cl)cc1. The van der Waals surface area contributed by atoms with Crippen molar-refractivity contribution in [3.05, 3.63) is 51.7 Å². The third-order valence-electron chi connectivity index (χ3n) is 3.99. The number of nitrogens with one attached hydrogen (secondary N) is 1. The molecule has 1 aromatic carbocycles. The Balaban J connectivity index is 1.53. The highest BCUT2D eigenvalue weighted by molar-refractivity contribution is 7.12. The number of ether oxygens (including phenoxy) is 1. The number of anilines is 1. The summed E-state index contributed by atoms with van der Waals surface area (Å²) in [4.78, 5) is 38.8. The molecule has 3 rings (SSSR count). The highest BCUT2D eigenvalue weighted by atomic mass is 35.5. The monoisotopic (exact) mass is 392 g/mol. The molecule has 1 N–H and O–H groups in total. The van der Waals surface area contributed by atoms with E-state index in [2.05, 4.69) is 5.32 Å². The van der Waals surface area contributed by atoms with Crippen LogP contribution in [0.1, 0.15) is 22.5 Å². The minimum Gasteiger partial charge on any atom is -0.454 e. The number of amides is 2. The molecule has 136 valence electrons. The molecule has 8 heteroatoms. The van der Waals surface area contributed by atoms with Crippen molar-refractivity contribution in [3.8, 4) is 0 Å². The molecule has 0 spiro atoms. The molecule has 0 aliphatic carbocycles. The summed E-state index contributed by atoms with van der Waals surface area (Å²) in [6.45, 7) is 0.104. The van der Waals surface area contributed by atoms with Crippen LogP contribution in [0.3, 0.4) is 0 Å². The van der Waals surface area contributed by atoms with Gasteiger partial charge in [0.1, 0.15) is 6.04 Å². The molecule has 1 aromatic heterocycles. The number of esters is 1. The zero-order chi connectivity index (χ0) is 18.5. The first-order chi connectivity index (χ1) is 12.5. The Morgan fingerprint density at radius 2 is 2.00 bits per heavy atom. The Morgan fingerprint density at radius 3 is 2.69 bits per heavy atom. The van der Waals surface area contributed by atoms with Crippen LogP contribution in [0.4, 0.5) is 5.69 Å². The summed E-state index contributed by atoms with van der Waals surface area (Å²) in [7, 11) is 0. The van der Waals surface area contributed by atoms with Crippen molar-refractivity contribution in [2.45, 2.75) is 18.9 Å². The van der Waals surface area contributed by atoms with E-state index in [0.29, 0.717) is 28.6 Å². The molecule has 6 nitrogen and oxygen atoms in total. The van der Waals surface area contributed by atoms with Gasteiger partial charge in [-0.25, -0.2) is 4.79 Å². The zero-order valence-corrected chi connectivity index (χ0v) is 15.4. The number of benzene rings is 1. The van der Waals surface area contributed by atoms with Crippen LogP contribution in [0.5, 0.6) is 0 Å². The third-order valence-corrected chi connectivity index (χ3v) is 5.10. The van der Waals surface area contributed by atoms with E-state index in [-0.39, 0.29) is 5.91 Å². The van der Waals surface area contributed by atoms with Gasteiger partial charge in [-0.05, 0) is 48.6 Å². The topological polar surface area (TPSA) is 75.7 Å². The van der Waals surface area contributed by atoms with Gasteiger partial charge in [0.15, 0.2) is 6.61 Å². The standard InChI is InChI=1S/C18H17ClN2O4S/c19-12-5-7-13(8-6-12)20-16(22)11-25-18(24)14-3-1-9-21(14)17(23)15-4-2-10-26-15/h2,4-8,10,14H,1,3,9,11H2,(H,20,22)/t14-/m0/s1. The lowest BCUT2D eigenvalue weighted by atomic mass is 10.2. The lowest BCUT2D eigenvalue weighted by molar-refractivity contribution is -0.151. The summed E-state index contributed by atoms with van der Waals surface area (Å²) in [6.07, 6.45) is 1.27. The fourth-order valence-electron chi connectivity index (χ4n) is 2.76. The van der Waals surface area contributed by atoms with Crippen LogP contribution in [0.25, 0.3) is 0 Å². The Hall–Kier alpha value is -2.38. The molecule has 1 aliphatic rings. The van der Waals surface area contributed by atoms with Gasteiger partial charge in [0.05, 0.1) is 4.88 Å². The lowest BCUT2D eigenvalue weighted by Gasteiger charge is -2.22. The van der Waals surface area contributed by atoms with E-state index in [0.717, 1.165) is 6.42 Å². The van der Waals surface area contributed by atoms with Crippen molar-refractivity contribution in [2.24, 2.45) is 0 Å². The van der Waals surface area contributed by atoms with E-state index < -0.39 is 24.5 Å². The van der Waals surface area contributed by atoms with Gasteiger partial charge in [0.25, 0.3) is 11.8 Å². The van der Waals surface area contributed by atoms with Gasteiger partial charge in [0.2, 0.25) is 0 Å². The first-order valence-corrected chi connectivity index (χ1v) is 9.37. The second kappa shape index (κ2) is 8.33. The van der Waals surface area contributed by atoms with Crippen LogP contribution in [0.2, 0.25) is 5.02 Å². The predicted octanol–water partition coefficient (Wildman–Crippen LogP) is 3.19. The van der Waals surface area contributed by atoms with E-state index in [9.17, 15) is 14.4 Å². The number of carbonyl (C=O) groups excluding carboxylic acids is 3. The molecule has 26 heavy (non-hydrogen) atoms. The second-order valence-corrected chi connectivity index (χ2v) is 7.18. The first-order valence-electron chi connectivity index (χ1n) is 8.11. The summed E-state index contributed by atoms with van der Waals surface area (Å²) < 4.78 is 5.11. The third kappa shape index (κ3) is 4.42. The van der Waals surface area contributed by atoms with E-state index in [4.69, 9.17) is 16.3 Å². The minimum atomic E-state index is -0.645. The molecule has 0 saturated carbocycles. The van der Waals surface area contributed by atoms with Gasteiger partial charge in [-0.1, -0.05) is 17.7 Å². The van der Waals surface area contributed by atoms with Gasteiger partial charge in [-0.2, -0.15) is 0 Å². The molecule has 1 atom stereocenters. The summed E-state index contributed by atoms with van der Waals surface area (Å²) in [5.41, 5.74) is 0.561. The summed E-state index contributed by atoms with van der Waals surface area (Å²) in [5, 5.41) is 5.00. The van der Waals surface area contributed by atoms with Crippen molar-refractivity contribution in [2.75, 3.05) is 18.5 Å². The number of thiophene rings is 1. The number of halogens is 1. The van der Waals surface area contributed by atoms with Gasteiger partial charge in [-0.3, -0.25) is 9.59 Å². The molecule has 0 bridgehead atoms. The maximum atomic E-state index is 12.5. The van der Waals surface area contributed by atoms with E-state index in [1.807, 2.05) is 5.38 Å². The Kier molecular flexibility index (Phi) is 5.90. The number of carbonyl (C=O) groups is 3. The number of likely N-dealkylation sites (tertiary alicyclic amines) is 1. The quantitative estimate of drug-likeness (QED) is 0.793. The van der Waals surface area contributed by atoms with Crippen LogP contribution in [0, 0.1) is 0 Å². The van der Waals surface area contributed by atoms with Crippen LogP contribution < -0.4 is 5.32 Å². The van der Waals surface area contributed by atoms with Crippen molar-refractivity contribution in [3.63, 3.8) is 0 Å². The number of nitrogens with zero attached hydrogens (tertiary/aromatic N) is 1. The van der Waals surface area contributed by atoms with Gasteiger partial charge >= 0.3 is 5.97 Å². The van der Waals surface area contributed by atoms with Crippen LogP contribution in [-0.2, 0) is 14.3 Å². The average Bonchev–Trinajstić information content (AvgIpc) is 3.33. The van der Waals surface area contributed by atoms with E-state index in [1.54, 1.807) is 36.4 Å². The van der Waals surface area contributed by atoms with Crippen molar-refractivity contribution in [1.82, 2.24) is 4.90 Å². The van der Waals surface area contributed by atoms with E-state index >= 15 is 0 Å². The molecule has 0 radical (unpaired) electrons. The number of hydrogen-bond acceptors (Lipinski definition) is 5.